The summed E-state index contributed by atoms with van der Waals surface area (Å²) in [4.78, 5) is 48.9. The first-order valence-corrected chi connectivity index (χ1v) is 12.1. The van der Waals surface area contributed by atoms with Crippen molar-refractivity contribution in [2.75, 3.05) is 13.7 Å². The fourth-order valence-corrected chi connectivity index (χ4v) is 4.50. The maximum Gasteiger partial charge on any atom is 0.329 e. The molecule has 1 saturated heterocycles. The molecule has 0 aliphatic carbocycles. The van der Waals surface area contributed by atoms with E-state index in [1.165, 1.54) is 26.2 Å². The molecule has 0 radical (unpaired) electrons. The number of carbonyl (C=O) groups excluding carboxylic acids is 3. The zero-order chi connectivity index (χ0) is 27.1. The Bertz CT molecular complexity index is 1260. The highest BCUT2D eigenvalue weighted by atomic mass is 32.2. The molecule has 0 unspecified atom stereocenters. The van der Waals surface area contributed by atoms with Gasteiger partial charge in [0.25, 0.3) is 16.8 Å². The molecule has 0 saturated carbocycles. The third-order valence-corrected chi connectivity index (χ3v) is 6.29. The van der Waals surface area contributed by atoms with Crippen molar-refractivity contribution in [2.24, 2.45) is 0 Å². The normalized spacial score (nSPS) is 15.0. The first-order valence-electron chi connectivity index (χ1n) is 11.3. The molecule has 0 aromatic heterocycles. The number of benzene rings is 2. The van der Waals surface area contributed by atoms with Crippen molar-refractivity contribution in [3.05, 3.63) is 80.8 Å². The SMILES string of the molecule is C=CCc1cc(/C=C2/SC(=O)N([C@H](C)C(=O)OCC)C2=O)cc(OC)c1OCc1ccc([N+](=O)[O-])cc1. The van der Waals surface area contributed by atoms with Crippen LogP contribution in [-0.4, -0.2) is 46.7 Å². The van der Waals surface area contributed by atoms with E-state index in [-0.39, 0.29) is 23.8 Å². The summed E-state index contributed by atoms with van der Waals surface area (Å²) in [5.41, 5.74) is 2.03. The molecule has 0 N–H and O–H groups in total. The lowest BCUT2D eigenvalue weighted by molar-refractivity contribution is -0.384. The van der Waals surface area contributed by atoms with Crippen molar-refractivity contribution in [3.63, 3.8) is 0 Å². The van der Waals surface area contributed by atoms with E-state index in [4.69, 9.17) is 14.2 Å². The van der Waals surface area contributed by atoms with Crippen molar-refractivity contribution >= 4 is 40.6 Å². The summed E-state index contributed by atoms with van der Waals surface area (Å²) in [5, 5.41) is 10.3. The van der Waals surface area contributed by atoms with Crippen LogP contribution in [-0.2, 0) is 27.4 Å². The van der Waals surface area contributed by atoms with E-state index in [2.05, 4.69) is 6.58 Å². The molecule has 1 aliphatic rings. The van der Waals surface area contributed by atoms with Gasteiger partial charge in [0.15, 0.2) is 11.5 Å². The largest absolute Gasteiger partial charge is 0.493 e. The smallest absolute Gasteiger partial charge is 0.329 e. The fourth-order valence-electron chi connectivity index (χ4n) is 3.59. The van der Waals surface area contributed by atoms with E-state index in [0.717, 1.165) is 27.8 Å². The molecule has 0 spiro atoms. The number of allylic oxidation sites excluding steroid dienone is 1. The van der Waals surface area contributed by atoms with Crippen molar-refractivity contribution in [1.82, 2.24) is 4.90 Å². The Balaban J connectivity index is 1.88. The molecule has 1 heterocycles. The van der Waals surface area contributed by atoms with Crippen LogP contribution >= 0.6 is 11.8 Å². The zero-order valence-electron chi connectivity index (χ0n) is 20.6. The second-order valence-corrected chi connectivity index (χ2v) is 8.89. The third-order valence-electron chi connectivity index (χ3n) is 5.40. The number of hydrogen-bond acceptors (Lipinski definition) is 9. The minimum absolute atomic E-state index is 0.0147. The van der Waals surface area contributed by atoms with E-state index in [1.54, 1.807) is 43.3 Å². The highest BCUT2D eigenvalue weighted by Gasteiger charge is 2.41. The Morgan fingerprint density at radius 3 is 2.54 bits per heavy atom. The maximum absolute atomic E-state index is 12.9. The molecule has 3 rings (SSSR count). The predicted octanol–water partition coefficient (Wildman–Crippen LogP) is 4.90. The minimum Gasteiger partial charge on any atom is -0.493 e. The lowest BCUT2D eigenvalue weighted by Gasteiger charge is -2.19. The molecular weight excluding hydrogens is 500 g/mol. The van der Waals surface area contributed by atoms with Gasteiger partial charge in [-0.3, -0.25) is 24.6 Å². The van der Waals surface area contributed by atoms with Gasteiger partial charge in [-0.15, -0.1) is 6.58 Å². The number of non-ortho nitro benzene ring substituents is 1. The number of thioether (sulfide) groups is 1. The number of carbonyl (C=O) groups is 3. The summed E-state index contributed by atoms with van der Waals surface area (Å²) < 4.78 is 16.5. The van der Waals surface area contributed by atoms with Crippen LogP contribution in [0.25, 0.3) is 6.08 Å². The molecule has 194 valence electrons. The van der Waals surface area contributed by atoms with Crippen LogP contribution in [0.5, 0.6) is 11.5 Å². The summed E-state index contributed by atoms with van der Waals surface area (Å²) in [6.45, 7) is 7.15. The summed E-state index contributed by atoms with van der Waals surface area (Å²) in [6, 6.07) is 8.44. The van der Waals surface area contributed by atoms with Gasteiger partial charge in [0, 0.05) is 17.7 Å². The van der Waals surface area contributed by atoms with Gasteiger partial charge >= 0.3 is 5.97 Å². The molecule has 0 bridgehead atoms. The average Bonchev–Trinajstić information content (AvgIpc) is 3.15. The number of methoxy groups -OCH3 is 1. The zero-order valence-corrected chi connectivity index (χ0v) is 21.4. The van der Waals surface area contributed by atoms with Gasteiger partial charge in [0.1, 0.15) is 12.6 Å². The number of hydrogen-bond donors (Lipinski definition) is 0. The van der Waals surface area contributed by atoms with Crippen molar-refractivity contribution in [3.8, 4) is 11.5 Å². The summed E-state index contributed by atoms with van der Waals surface area (Å²) in [7, 11) is 1.48. The van der Waals surface area contributed by atoms with Gasteiger partial charge in [-0.05, 0) is 73.5 Å². The van der Waals surface area contributed by atoms with Crippen LogP contribution in [0.3, 0.4) is 0 Å². The number of ether oxygens (including phenoxy) is 3. The van der Waals surface area contributed by atoms with E-state index in [9.17, 15) is 24.5 Å². The van der Waals surface area contributed by atoms with Gasteiger partial charge in [0.05, 0.1) is 23.5 Å². The average molecular weight is 527 g/mol. The summed E-state index contributed by atoms with van der Waals surface area (Å²) in [5.74, 6) is -0.387. The topological polar surface area (TPSA) is 125 Å². The molecule has 2 aromatic carbocycles. The summed E-state index contributed by atoms with van der Waals surface area (Å²) in [6.07, 6.45) is 3.67. The van der Waals surface area contributed by atoms with E-state index in [0.29, 0.717) is 23.5 Å². The molecule has 1 fully saturated rings. The van der Waals surface area contributed by atoms with Gasteiger partial charge < -0.3 is 14.2 Å². The van der Waals surface area contributed by atoms with Gasteiger partial charge in [-0.25, -0.2) is 4.79 Å². The molecule has 37 heavy (non-hydrogen) atoms. The standard InChI is InChI=1S/C26H26N2O8S/c1-5-7-19-12-18(14-22-24(29)27(26(31)37-22)16(3)25(30)35-6-2)13-21(34-4)23(19)36-15-17-8-10-20(11-9-17)28(32)33/h5,8-14,16H,1,6-7,15H2,2-4H3/b22-14+/t16-/m1/s1. The first kappa shape index (κ1) is 27.5. The molecule has 2 amide bonds. The molecule has 10 nitrogen and oxygen atoms in total. The monoisotopic (exact) mass is 526 g/mol. The number of rotatable bonds is 11. The fraction of sp³-hybridized carbons (Fsp3) is 0.269. The van der Waals surface area contributed by atoms with Crippen molar-refractivity contribution in [2.45, 2.75) is 32.9 Å². The number of amides is 2. The number of nitro groups is 1. The van der Waals surface area contributed by atoms with E-state index >= 15 is 0 Å². The number of imide groups is 1. The number of nitrogens with zero attached hydrogens (tertiary/aromatic N) is 2. The molecule has 1 aliphatic heterocycles. The number of nitro benzene ring substituents is 1. The third kappa shape index (κ3) is 6.36. The van der Waals surface area contributed by atoms with Crippen LogP contribution in [0.4, 0.5) is 10.5 Å². The highest BCUT2D eigenvalue weighted by molar-refractivity contribution is 8.18. The number of esters is 1. The minimum atomic E-state index is -1.04. The maximum atomic E-state index is 12.9. The Morgan fingerprint density at radius 2 is 1.95 bits per heavy atom. The Morgan fingerprint density at radius 1 is 1.24 bits per heavy atom. The van der Waals surface area contributed by atoms with Crippen LogP contribution < -0.4 is 9.47 Å². The van der Waals surface area contributed by atoms with Crippen molar-refractivity contribution in [1.29, 1.82) is 0 Å². The lowest BCUT2D eigenvalue weighted by Crippen LogP contribution is -2.42. The second-order valence-electron chi connectivity index (χ2n) is 7.90. The van der Waals surface area contributed by atoms with Crippen LogP contribution in [0.1, 0.15) is 30.5 Å². The van der Waals surface area contributed by atoms with Crippen LogP contribution in [0.15, 0.2) is 54.0 Å². The summed E-state index contributed by atoms with van der Waals surface area (Å²) >= 11 is 0.739. The van der Waals surface area contributed by atoms with E-state index < -0.39 is 28.1 Å². The molecular formula is C26H26N2O8S. The molecule has 11 heteroatoms. The van der Waals surface area contributed by atoms with Gasteiger partial charge in [-0.1, -0.05) is 6.08 Å². The predicted molar refractivity (Wildman–Crippen MR) is 138 cm³/mol. The van der Waals surface area contributed by atoms with Crippen molar-refractivity contribution < 1.29 is 33.5 Å². The van der Waals surface area contributed by atoms with Gasteiger partial charge in [-0.2, -0.15) is 0 Å². The van der Waals surface area contributed by atoms with E-state index in [1.807, 2.05) is 0 Å². The Hall–Kier alpha value is -4.12. The highest BCUT2D eigenvalue weighted by Crippen LogP contribution is 2.38. The lowest BCUT2D eigenvalue weighted by atomic mass is 10.0. The van der Waals surface area contributed by atoms with Gasteiger partial charge in [0.2, 0.25) is 0 Å². The molecule has 1 atom stereocenters. The van der Waals surface area contributed by atoms with Crippen LogP contribution in [0.2, 0.25) is 0 Å². The Kier molecular flexibility index (Phi) is 9.07. The van der Waals surface area contributed by atoms with Crippen LogP contribution in [0, 0.1) is 10.1 Å². The second kappa shape index (κ2) is 12.2. The quantitative estimate of drug-likeness (QED) is 0.132. The molecule has 2 aromatic rings. The first-order chi connectivity index (χ1) is 17.7. The Labute approximate surface area is 218 Å².